The van der Waals surface area contributed by atoms with E-state index >= 15 is 0 Å². The summed E-state index contributed by atoms with van der Waals surface area (Å²) in [5.74, 6) is 1.07. The molecule has 0 radical (unpaired) electrons. The summed E-state index contributed by atoms with van der Waals surface area (Å²) in [4.78, 5) is 15.7. The molecule has 3 heterocycles. The van der Waals surface area contributed by atoms with Crippen molar-refractivity contribution in [3.8, 4) is 28.8 Å². The largest absolute Gasteiger partial charge is 0.481 e. The zero-order valence-corrected chi connectivity index (χ0v) is 17.8. The summed E-state index contributed by atoms with van der Waals surface area (Å²) >= 11 is 1.41. The van der Waals surface area contributed by atoms with Crippen molar-refractivity contribution in [1.82, 2.24) is 15.0 Å². The van der Waals surface area contributed by atoms with Crippen molar-refractivity contribution in [2.45, 2.75) is 10.4 Å². The van der Waals surface area contributed by atoms with Crippen LogP contribution in [0, 0.1) is 5.82 Å². The SMILES string of the molecule is COc1ncccc1-c1nccnc1Oc1ccc(N2c3ccc(F)cc3SC2N)cc1. The molecule has 1 unspecified atom stereocenters. The fraction of sp³-hybridized carbons (Fsp3) is 0.0870. The molecule has 7 nitrogen and oxygen atoms in total. The number of ether oxygens (including phenoxy) is 2. The van der Waals surface area contributed by atoms with Gasteiger partial charge in [0.15, 0.2) is 0 Å². The molecule has 1 aliphatic heterocycles. The molecule has 0 amide bonds. The fourth-order valence-corrected chi connectivity index (χ4v) is 4.56. The molecular weight excluding hydrogens is 429 g/mol. The lowest BCUT2D eigenvalue weighted by atomic mass is 10.2. The summed E-state index contributed by atoms with van der Waals surface area (Å²) < 4.78 is 24.9. The fourth-order valence-electron chi connectivity index (χ4n) is 3.49. The van der Waals surface area contributed by atoms with Gasteiger partial charge in [-0.15, -0.1) is 0 Å². The van der Waals surface area contributed by atoms with Crippen molar-refractivity contribution in [2.75, 3.05) is 12.0 Å². The molecule has 160 valence electrons. The number of methoxy groups -OCH3 is 1. The maximum atomic E-state index is 13.6. The average Bonchev–Trinajstić information content (AvgIpc) is 3.14. The highest BCUT2D eigenvalue weighted by molar-refractivity contribution is 8.00. The Balaban J connectivity index is 1.43. The first-order valence-electron chi connectivity index (χ1n) is 9.73. The first-order chi connectivity index (χ1) is 15.6. The van der Waals surface area contributed by atoms with Gasteiger partial charge in [-0.25, -0.2) is 19.3 Å². The summed E-state index contributed by atoms with van der Waals surface area (Å²) in [7, 11) is 1.55. The summed E-state index contributed by atoms with van der Waals surface area (Å²) in [6.45, 7) is 0. The van der Waals surface area contributed by atoms with Crippen molar-refractivity contribution < 1.29 is 13.9 Å². The van der Waals surface area contributed by atoms with Crippen LogP contribution in [0.3, 0.4) is 0 Å². The van der Waals surface area contributed by atoms with E-state index < -0.39 is 0 Å². The number of halogens is 1. The van der Waals surface area contributed by atoms with Crippen molar-refractivity contribution in [2.24, 2.45) is 5.73 Å². The molecule has 4 aromatic rings. The van der Waals surface area contributed by atoms with E-state index in [4.69, 9.17) is 15.2 Å². The van der Waals surface area contributed by atoms with Gasteiger partial charge in [0.1, 0.15) is 22.8 Å². The van der Waals surface area contributed by atoms with Gasteiger partial charge >= 0.3 is 0 Å². The van der Waals surface area contributed by atoms with Crippen LogP contribution < -0.4 is 20.1 Å². The molecule has 5 rings (SSSR count). The second-order valence-corrected chi connectivity index (χ2v) is 8.02. The first kappa shape index (κ1) is 20.2. The third kappa shape index (κ3) is 3.72. The number of nitrogens with two attached hydrogens (primary N) is 1. The lowest BCUT2D eigenvalue weighted by Gasteiger charge is -2.23. The number of benzene rings is 2. The van der Waals surface area contributed by atoms with Crippen LogP contribution in [0.5, 0.6) is 17.5 Å². The van der Waals surface area contributed by atoms with E-state index in [1.807, 2.05) is 35.2 Å². The summed E-state index contributed by atoms with van der Waals surface area (Å²) in [6, 6.07) is 15.8. The van der Waals surface area contributed by atoms with Crippen LogP contribution in [0.4, 0.5) is 15.8 Å². The molecule has 0 fully saturated rings. The number of anilines is 2. The van der Waals surface area contributed by atoms with Gasteiger partial charge in [-0.05, 0) is 54.6 Å². The minimum absolute atomic E-state index is 0.279. The predicted molar refractivity (Wildman–Crippen MR) is 121 cm³/mol. The van der Waals surface area contributed by atoms with Gasteiger partial charge in [0.25, 0.3) is 0 Å². The lowest BCUT2D eigenvalue weighted by molar-refractivity contribution is 0.398. The van der Waals surface area contributed by atoms with E-state index in [0.29, 0.717) is 28.8 Å². The molecule has 9 heteroatoms. The van der Waals surface area contributed by atoms with E-state index in [0.717, 1.165) is 16.3 Å². The zero-order chi connectivity index (χ0) is 22.1. The van der Waals surface area contributed by atoms with Gasteiger partial charge in [-0.3, -0.25) is 0 Å². The van der Waals surface area contributed by atoms with Crippen LogP contribution in [0.15, 0.2) is 78.1 Å². The maximum Gasteiger partial charge on any atom is 0.246 e. The number of rotatable bonds is 5. The van der Waals surface area contributed by atoms with Crippen molar-refractivity contribution in [3.63, 3.8) is 0 Å². The molecule has 1 atom stereocenters. The van der Waals surface area contributed by atoms with E-state index in [1.165, 1.54) is 23.9 Å². The molecule has 0 aliphatic carbocycles. The van der Waals surface area contributed by atoms with Crippen molar-refractivity contribution in [1.29, 1.82) is 0 Å². The number of aromatic nitrogens is 3. The minimum Gasteiger partial charge on any atom is -0.481 e. The molecule has 0 spiro atoms. The van der Waals surface area contributed by atoms with E-state index in [9.17, 15) is 4.39 Å². The number of pyridine rings is 1. The summed E-state index contributed by atoms with van der Waals surface area (Å²) in [5, 5.41) is 0. The molecule has 0 saturated heterocycles. The molecule has 2 N–H and O–H groups in total. The quantitative estimate of drug-likeness (QED) is 0.459. The van der Waals surface area contributed by atoms with E-state index in [-0.39, 0.29) is 11.3 Å². The average molecular weight is 447 g/mol. The van der Waals surface area contributed by atoms with Gasteiger partial charge in [0, 0.05) is 29.2 Å². The normalized spacial score (nSPS) is 14.8. The standard InChI is InChI=1S/C23H18FN5O2S/c1-30-21-17(3-2-10-27-21)20-22(28-12-11-26-20)31-16-7-5-15(6-8-16)29-18-9-4-14(24)13-19(18)32-23(29)25/h2-13,23H,25H2,1H3. The highest BCUT2D eigenvalue weighted by Crippen LogP contribution is 2.46. The second-order valence-electron chi connectivity index (χ2n) is 6.86. The van der Waals surface area contributed by atoms with Crippen LogP contribution in [-0.2, 0) is 0 Å². The number of hydrogen-bond donors (Lipinski definition) is 1. The zero-order valence-electron chi connectivity index (χ0n) is 17.0. The molecule has 32 heavy (non-hydrogen) atoms. The number of hydrogen-bond acceptors (Lipinski definition) is 8. The molecule has 0 bridgehead atoms. The van der Waals surface area contributed by atoms with Gasteiger partial charge in [-0.1, -0.05) is 11.8 Å². The Morgan fingerprint density at radius 2 is 1.75 bits per heavy atom. The second kappa shape index (κ2) is 8.45. The van der Waals surface area contributed by atoms with Crippen LogP contribution in [-0.4, -0.2) is 27.6 Å². The number of nitrogens with zero attached hydrogens (tertiary/aromatic N) is 4. The Morgan fingerprint density at radius 1 is 0.969 bits per heavy atom. The molecule has 2 aromatic heterocycles. The molecule has 2 aromatic carbocycles. The highest BCUT2D eigenvalue weighted by Gasteiger charge is 2.29. The third-order valence-corrected chi connectivity index (χ3v) is 5.93. The van der Waals surface area contributed by atoms with E-state index in [2.05, 4.69) is 15.0 Å². The Bertz CT molecular complexity index is 1270. The van der Waals surface area contributed by atoms with Crippen molar-refractivity contribution in [3.05, 3.63) is 79.0 Å². The topological polar surface area (TPSA) is 86.4 Å². The smallest absolute Gasteiger partial charge is 0.246 e. The molecular formula is C23H18FN5O2S. The maximum absolute atomic E-state index is 13.6. The van der Waals surface area contributed by atoms with Gasteiger partial charge in [0.05, 0.1) is 18.4 Å². The summed E-state index contributed by atoms with van der Waals surface area (Å²) in [5.41, 5.74) is 8.89. The van der Waals surface area contributed by atoms with Crippen LogP contribution in [0.25, 0.3) is 11.3 Å². The minimum atomic E-state index is -0.344. The lowest BCUT2D eigenvalue weighted by Crippen LogP contribution is -2.31. The Labute approximate surface area is 188 Å². The van der Waals surface area contributed by atoms with Crippen molar-refractivity contribution >= 4 is 23.1 Å². The Hall–Kier alpha value is -3.69. The van der Waals surface area contributed by atoms with Crippen LogP contribution in [0.1, 0.15) is 0 Å². The Kier molecular flexibility index (Phi) is 5.34. The predicted octanol–water partition coefficient (Wildman–Crippen LogP) is 4.96. The summed E-state index contributed by atoms with van der Waals surface area (Å²) in [6.07, 6.45) is 4.79. The van der Waals surface area contributed by atoms with Crippen LogP contribution >= 0.6 is 11.8 Å². The number of fused-ring (bicyclic) bond motifs is 1. The third-order valence-electron chi connectivity index (χ3n) is 4.90. The highest BCUT2D eigenvalue weighted by atomic mass is 32.2. The van der Waals surface area contributed by atoms with Gasteiger partial charge in [-0.2, -0.15) is 0 Å². The van der Waals surface area contributed by atoms with Gasteiger partial charge < -0.3 is 20.1 Å². The molecule has 1 aliphatic rings. The van der Waals surface area contributed by atoms with E-state index in [1.54, 1.807) is 37.8 Å². The van der Waals surface area contributed by atoms with Gasteiger partial charge in [0.2, 0.25) is 11.8 Å². The Morgan fingerprint density at radius 3 is 2.56 bits per heavy atom. The van der Waals surface area contributed by atoms with Crippen LogP contribution in [0.2, 0.25) is 0 Å². The number of thioether (sulfide) groups is 1. The monoisotopic (exact) mass is 447 g/mol. The first-order valence-corrected chi connectivity index (χ1v) is 10.6. The molecule has 0 saturated carbocycles.